The first-order valence-corrected chi connectivity index (χ1v) is 10.8. The quantitative estimate of drug-likeness (QED) is 0.724. The summed E-state index contributed by atoms with van der Waals surface area (Å²) in [7, 11) is 0. The summed E-state index contributed by atoms with van der Waals surface area (Å²) in [5, 5.41) is 2.88. The zero-order valence-corrected chi connectivity index (χ0v) is 18.4. The molecule has 160 valence electrons. The molecule has 1 atom stereocenters. The molecule has 1 N–H and O–H groups in total. The van der Waals surface area contributed by atoms with E-state index < -0.39 is 6.10 Å². The molecule has 30 heavy (non-hydrogen) atoms. The van der Waals surface area contributed by atoms with E-state index in [2.05, 4.69) is 26.1 Å². The number of carbonyl (C=O) groups is 2. The Bertz CT molecular complexity index is 868. The van der Waals surface area contributed by atoms with Gasteiger partial charge in [-0.05, 0) is 61.4 Å². The van der Waals surface area contributed by atoms with Crippen LogP contribution in [-0.4, -0.2) is 35.9 Å². The molecule has 1 unspecified atom stereocenters. The first-order valence-electron chi connectivity index (χ1n) is 10.8. The van der Waals surface area contributed by atoms with Crippen molar-refractivity contribution >= 4 is 17.5 Å². The number of hydrogen-bond acceptors (Lipinski definition) is 3. The van der Waals surface area contributed by atoms with Crippen molar-refractivity contribution < 1.29 is 14.3 Å². The van der Waals surface area contributed by atoms with Gasteiger partial charge in [0, 0.05) is 13.1 Å². The van der Waals surface area contributed by atoms with Gasteiger partial charge in [0.15, 0.2) is 6.10 Å². The Hall–Kier alpha value is -2.82. The lowest BCUT2D eigenvalue weighted by atomic mass is 9.98. The number of anilines is 1. The van der Waals surface area contributed by atoms with Gasteiger partial charge in [-0.3, -0.25) is 9.59 Å². The molecule has 0 radical (unpaired) electrons. The average Bonchev–Trinajstić information content (AvgIpc) is 2.74. The van der Waals surface area contributed by atoms with Gasteiger partial charge in [-0.15, -0.1) is 0 Å². The maximum atomic E-state index is 13.0. The lowest BCUT2D eigenvalue weighted by Gasteiger charge is -2.31. The smallest absolute Gasteiger partial charge is 0.265 e. The van der Waals surface area contributed by atoms with Gasteiger partial charge in [0.05, 0.1) is 11.3 Å². The van der Waals surface area contributed by atoms with Crippen LogP contribution in [0.3, 0.4) is 0 Å². The molecule has 1 aliphatic rings. The fourth-order valence-corrected chi connectivity index (χ4v) is 3.58. The standard InChI is InChI=1S/C25H32N2O3/c1-17(2)20-9-11-21(12-10-20)30-19(4)24(28)26-23-8-6-5-7-22(23)25(29)27-15-13-18(3)14-16-27/h5-12,17-19H,13-16H2,1-4H3,(H,26,28). The fraction of sp³-hybridized carbons (Fsp3) is 0.440. The van der Waals surface area contributed by atoms with Crippen molar-refractivity contribution in [2.75, 3.05) is 18.4 Å². The number of amides is 2. The van der Waals surface area contributed by atoms with Gasteiger partial charge in [0.1, 0.15) is 5.75 Å². The van der Waals surface area contributed by atoms with E-state index in [1.165, 1.54) is 5.56 Å². The topological polar surface area (TPSA) is 58.6 Å². The predicted molar refractivity (Wildman–Crippen MR) is 120 cm³/mol. The number of likely N-dealkylation sites (tertiary alicyclic amines) is 1. The van der Waals surface area contributed by atoms with E-state index in [4.69, 9.17) is 4.74 Å². The van der Waals surface area contributed by atoms with Crippen molar-refractivity contribution in [2.45, 2.75) is 52.6 Å². The monoisotopic (exact) mass is 408 g/mol. The molecule has 0 aromatic heterocycles. The molecule has 1 fully saturated rings. The van der Waals surface area contributed by atoms with Crippen LogP contribution in [0.25, 0.3) is 0 Å². The van der Waals surface area contributed by atoms with E-state index in [0.29, 0.717) is 28.8 Å². The SMILES string of the molecule is CC1CCN(C(=O)c2ccccc2NC(=O)C(C)Oc2ccc(C(C)C)cc2)CC1. The van der Waals surface area contributed by atoms with E-state index in [9.17, 15) is 9.59 Å². The third kappa shape index (κ3) is 5.41. The van der Waals surface area contributed by atoms with Crippen molar-refractivity contribution in [3.63, 3.8) is 0 Å². The molecule has 1 aliphatic heterocycles. The predicted octanol–water partition coefficient (Wildman–Crippen LogP) is 5.09. The number of nitrogens with one attached hydrogen (secondary N) is 1. The first-order chi connectivity index (χ1) is 14.3. The number of benzene rings is 2. The Morgan fingerprint density at radius 3 is 2.27 bits per heavy atom. The Morgan fingerprint density at radius 2 is 1.63 bits per heavy atom. The number of carbonyl (C=O) groups excluding carboxylic acids is 2. The van der Waals surface area contributed by atoms with Gasteiger partial charge in [-0.1, -0.05) is 45.0 Å². The summed E-state index contributed by atoms with van der Waals surface area (Å²) in [5.41, 5.74) is 2.27. The number of ether oxygens (including phenoxy) is 1. The maximum Gasteiger partial charge on any atom is 0.265 e. The largest absolute Gasteiger partial charge is 0.481 e. The molecule has 0 bridgehead atoms. The molecule has 1 saturated heterocycles. The fourth-order valence-electron chi connectivity index (χ4n) is 3.58. The lowest BCUT2D eigenvalue weighted by Crippen LogP contribution is -2.38. The average molecular weight is 409 g/mol. The van der Waals surface area contributed by atoms with Crippen molar-refractivity contribution in [2.24, 2.45) is 5.92 Å². The molecule has 5 heteroatoms. The Morgan fingerprint density at radius 1 is 1.00 bits per heavy atom. The van der Waals surface area contributed by atoms with Gasteiger partial charge < -0.3 is 15.0 Å². The van der Waals surface area contributed by atoms with Crippen molar-refractivity contribution in [3.05, 3.63) is 59.7 Å². The van der Waals surface area contributed by atoms with Crippen LogP contribution in [0.15, 0.2) is 48.5 Å². The molecule has 0 spiro atoms. The van der Waals surface area contributed by atoms with E-state index in [1.54, 1.807) is 19.1 Å². The summed E-state index contributed by atoms with van der Waals surface area (Å²) in [6, 6.07) is 15.0. The molecule has 2 amide bonds. The van der Waals surface area contributed by atoms with E-state index in [0.717, 1.165) is 25.9 Å². The van der Waals surface area contributed by atoms with Crippen LogP contribution in [0.5, 0.6) is 5.75 Å². The van der Waals surface area contributed by atoms with Crippen LogP contribution in [0.4, 0.5) is 5.69 Å². The molecule has 1 heterocycles. The van der Waals surface area contributed by atoms with Crippen LogP contribution < -0.4 is 10.1 Å². The number of hydrogen-bond donors (Lipinski definition) is 1. The molecule has 2 aromatic rings. The Kier molecular flexibility index (Phi) is 7.14. The molecule has 3 rings (SSSR count). The van der Waals surface area contributed by atoms with Crippen molar-refractivity contribution in [1.82, 2.24) is 4.90 Å². The third-order valence-electron chi connectivity index (χ3n) is 5.72. The van der Waals surface area contributed by atoms with Crippen LogP contribution in [0.1, 0.15) is 62.4 Å². The summed E-state index contributed by atoms with van der Waals surface area (Å²) in [5.74, 6) is 1.42. The summed E-state index contributed by atoms with van der Waals surface area (Å²) < 4.78 is 5.80. The minimum atomic E-state index is -0.686. The first kappa shape index (κ1) is 21.9. The highest BCUT2D eigenvalue weighted by Crippen LogP contribution is 2.23. The van der Waals surface area contributed by atoms with E-state index in [1.807, 2.05) is 41.3 Å². The highest BCUT2D eigenvalue weighted by Gasteiger charge is 2.24. The second-order valence-corrected chi connectivity index (χ2v) is 8.49. The summed E-state index contributed by atoms with van der Waals surface area (Å²) in [6.07, 6.45) is 1.34. The second-order valence-electron chi connectivity index (χ2n) is 8.49. The highest BCUT2D eigenvalue weighted by molar-refractivity contribution is 6.04. The normalized spacial score (nSPS) is 15.7. The van der Waals surface area contributed by atoms with Gasteiger partial charge in [0.25, 0.3) is 11.8 Å². The molecule has 5 nitrogen and oxygen atoms in total. The zero-order valence-electron chi connectivity index (χ0n) is 18.4. The third-order valence-corrected chi connectivity index (χ3v) is 5.72. The number of para-hydroxylation sites is 1. The highest BCUT2D eigenvalue weighted by atomic mass is 16.5. The van der Waals surface area contributed by atoms with Gasteiger partial charge >= 0.3 is 0 Å². The minimum Gasteiger partial charge on any atom is -0.481 e. The van der Waals surface area contributed by atoms with Crippen LogP contribution in [0, 0.1) is 5.92 Å². The van der Waals surface area contributed by atoms with E-state index in [-0.39, 0.29) is 11.8 Å². The second kappa shape index (κ2) is 9.79. The molecule has 0 aliphatic carbocycles. The Labute approximate surface area is 179 Å². The number of nitrogens with zero attached hydrogens (tertiary/aromatic N) is 1. The maximum absolute atomic E-state index is 13.0. The molecule has 0 saturated carbocycles. The lowest BCUT2D eigenvalue weighted by molar-refractivity contribution is -0.122. The van der Waals surface area contributed by atoms with E-state index >= 15 is 0 Å². The summed E-state index contributed by atoms with van der Waals surface area (Å²) in [4.78, 5) is 27.6. The van der Waals surface area contributed by atoms with Crippen LogP contribution in [-0.2, 0) is 4.79 Å². The minimum absolute atomic E-state index is 0.0318. The summed E-state index contributed by atoms with van der Waals surface area (Å²) in [6.45, 7) is 9.71. The van der Waals surface area contributed by atoms with Crippen molar-refractivity contribution in [3.8, 4) is 5.75 Å². The van der Waals surface area contributed by atoms with Gasteiger partial charge in [-0.25, -0.2) is 0 Å². The van der Waals surface area contributed by atoms with Gasteiger partial charge in [-0.2, -0.15) is 0 Å². The van der Waals surface area contributed by atoms with Crippen LogP contribution in [0.2, 0.25) is 0 Å². The molecular weight excluding hydrogens is 376 g/mol. The van der Waals surface area contributed by atoms with Crippen molar-refractivity contribution in [1.29, 1.82) is 0 Å². The summed E-state index contributed by atoms with van der Waals surface area (Å²) >= 11 is 0. The van der Waals surface area contributed by atoms with Crippen LogP contribution >= 0.6 is 0 Å². The number of piperidine rings is 1. The molecular formula is C25H32N2O3. The zero-order chi connectivity index (χ0) is 21.7. The molecule has 2 aromatic carbocycles. The van der Waals surface area contributed by atoms with Gasteiger partial charge in [0.2, 0.25) is 0 Å². The number of rotatable bonds is 6. The Balaban J connectivity index is 1.65.